The van der Waals surface area contributed by atoms with E-state index in [0.717, 1.165) is 57.4 Å². The van der Waals surface area contributed by atoms with Crippen molar-refractivity contribution in [3.05, 3.63) is 0 Å². The maximum atomic E-state index is 6.49. The number of rotatable bonds is 10. The van der Waals surface area contributed by atoms with Crippen LogP contribution < -0.4 is 0 Å². The summed E-state index contributed by atoms with van der Waals surface area (Å²) in [6, 6.07) is 0.537. The van der Waals surface area contributed by atoms with Crippen LogP contribution in [0.15, 0.2) is 0 Å². The molecule has 0 N–H and O–H groups in total. The Morgan fingerprint density at radius 1 is 1.11 bits per heavy atom. The van der Waals surface area contributed by atoms with Gasteiger partial charge < -0.3 is 14.2 Å². The molecule has 1 saturated carbocycles. The van der Waals surface area contributed by atoms with E-state index in [1.165, 1.54) is 19.3 Å². The molecule has 4 heteroatoms. The minimum Gasteiger partial charge on any atom is -0.383 e. The molecule has 2 aliphatic rings. The largest absolute Gasteiger partial charge is 0.383 e. The number of hydrogen-bond donors (Lipinski definition) is 0. The number of ether oxygens (including phenoxy) is 3. The average Bonchev–Trinajstić information content (AvgIpc) is 2.96. The lowest BCUT2D eigenvalue weighted by atomic mass is 9.66. The van der Waals surface area contributed by atoms with Crippen LogP contribution in [0, 0.1) is 17.3 Å². The molecule has 1 aliphatic carbocycles. The van der Waals surface area contributed by atoms with E-state index >= 15 is 0 Å². The van der Waals surface area contributed by atoms with Crippen molar-refractivity contribution in [1.29, 1.82) is 0 Å². The Labute approximate surface area is 168 Å². The van der Waals surface area contributed by atoms with Crippen LogP contribution in [0.2, 0.25) is 0 Å². The Balaban J connectivity index is 1.79. The van der Waals surface area contributed by atoms with Crippen LogP contribution in [0.3, 0.4) is 0 Å². The Morgan fingerprint density at radius 3 is 2.33 bits per heavy atom. The first kappa shape index (κ1) is 23.1. The first-order valence-electron chi connectivity index (χ1n) is 11.2. The lowest BCUT2D eigenvalue weighted by molar-refractivity contribution is -0.198. The summed E-state index contributed by atoms with van der Waals surface area (Å²) in [7, 11) is 1.77. The predicted molar refractivity (Wildman–Crippen MR) is 112 cm³/mol. The Morgan fingerprint density at radius 2 is 1.78 bits per heavy atom. The second kappa shape index (κ2) is 10.0. The first-order chi connectivity index (χ1) is 12.7. The summed E-state index contributed by atoms with van der Waals surface area (Å²) in [5.41, 5.74) is 0.424. The molecule has 2 fully saturated rings. The van der Waals surface area contributed by atoms with E-state index in [2.05, 4.69) is 46.4 Å². The Hall–Kier alpha value is -0.160. The molecule has 2 rings (SSSR count). The fourth-order valence-electron chi connectivity index (χ4n) is 5.23. The van der Waals surface area contributed by atoms with Gasteiger partial charge in [-0.15, -0.1) is 0 Å². The van der Waals surface area contributed by atoms with E-state index in [-0.39, 0.29) is 11.9 Å². The maximum absolute atomic E-state index is 6.49. The normalized spacial score (nSPS) is 29.6. The maximum Gasteiger partial charge on any atom is 0.168 e. The fourth-order valence-corrected chi connectivity index (χ4v) is 5.23. The lowest BCUT2D eigenvalue weighted by Gasteiger charge is -2.43. The van der Waals surface area contributed by atoms with Crippen LogP contribution in [0.4, 0.5) is 0 Å². The van der Waals surface area contributed by atoms with Gasteiger partial charge in [-0.3, -0.25) is 4.90 Å². The van der Waals surface area contributed by atoms with Gasteiger partial charge >= 0.3 is 0 Å². The molecule has 1 atom stereocenters. The van der Waals surface area contributed by atoms with Crippen molar-refractivity contribution in [2.75, 3.05) is 33.4 Å². The third-order valence-corrected chi connectivity index (χ3v) is 6.75. The molecule has 1 unspecified atom stereocenters. The zero-order valence-corrected chi connectivity index (χ0v) is 19.1. The highest BCUT2D eigenvalue weighted by molar-refractivity contribution is 4.90. The standard InChI is InChI=1S/C23H45NO3/c1-18(2)16-22(5,6)20-8-11-23(12-9-20)26-17-21(27-23)10-13-24(19(3)4)14-15-25-7/h18-21H,8-17H2,1-7H3. The second-order valence-corrected chi connectivity index (χ2v) is 10.2. The van der Waals surface area contributed by atoms with Crippen LogP contribution >= 0.6 is 0 Å². The van der Waals surface area contributed by atoms with Gasteiger partial charge in [-0.25, -0.2) is 0 Å². The highest BCUT2D eigenvalue weighted by Crippen LogP contribution is 2.48. The Kier molecular flexibility index (Phi) is 8.60. The van der Waals surface area contributed by atoms with Crippen LogP contribution in [0.25, 0.3) is 0 Å². The summed E-state index contributed by atoms with van der Waals surface area (Å²) >= 11 is 0. The van der Waals surface area contributed by atoms with Gasteiger partial charge in [0.2, 0.25) is 0 Å². The molecular formula is C23H45NO3. The third kappa shape index (κ3) is 6.69. The molecule has 0 amide bonds. The van der Waals surface area contributed by atoms with Gasteiger partial charge in [0, 0.05) is 39.1 Å². The van der Waals surface area contributed by atoms with Gasteiger partial charge in [0.25, 0.3) is 0 Å². The molecule has 0 radical (unpaired) electrons. The molecule has 1 spiro atoms. The van der Waals surface area contributed by atoms with Gasteiger partial charge in [-0.2, -0.15) is 0 Å². The Bertz CT molecular complexity index is 427. The highest BCUT2D eigenvalue weighted by atomic mass is 16.7. The van der Waals surface area contributed by atoms with Crippen molar-refractivity contribution < 1.29 is 14.2 Å². The molecule has 1 heterocycles. The predicted octanol–water partition coefficient (Wildman–Crippen LogP) is 5.11. The molecular weight excluding hydrogens is 338 g/mol. The van der Waals surface area contributed by atoms with Gasteiger partial charge in [-0.05, 0) is 56.8 Å². The summed E-state index contributed by atoms with van der Waals surface area (Å²) < 4.78 is 18.0. The van der Waals surface area contributed by atoms with E-state index in [9.17, 15) is 0 Å². The molecule has 160 valence electrons. The van der Waals surface area contributed by atoms with Crippen LogP contribution in [0.5, 0.6) is 0 Å². The second-order valence-electron chi connectivity index (χ2n) is 10.2. The van der Waals surface area contributed by atoms with E-state index in [4.69, 9.17) is 14.2 Å². The van der Waals surface area contributed by atoms with Crippen LogP contribution in [0.1, 0.15) is 80.1 Å². The summed E-state index contributed by atoms with van der Waals surface area (Å²) in [5.74, 6) is 1.27. The monoisotopic (exact) mass is 383 g/mol. The first-order valence-corrected chi connectivity index (χ1v) is 11.2. The van der Waals surface area contributed by atoms with E-state index < -0.39 is 0 Å². The average molecular weight is 384 g/mol. The number of nitrogens with zero attached hydrogens (tertiary/aromatic N) is 1. The van der Waals surface area contributed by atoms with E-state index in [1.54, 1.807) is 7.11 Å². The van der Waals surface area contributed by atoms with Gasteiger partial charge in [-0.1, -0.05) is 27.7 Å². The fraction of sp³-hybridized carbons (Fsp3) is 1.00. The van der Waals surface area contributed by atoms with Crippen molar-refractivity contribution in [1.82, 2.24) is 4.90 Å². The minimum absolute atomic E-state index is 0.244. The van der Waals surface area contributed by atoms with Crippen LogP contribution in [-0.4, -0.2) is 56.2 Å². The molecule has 4 nitrogen and oxygen atoms in total. The summed E-state index contributed by atoms with van der Waals surface area (Å²) in [5, 5.41) is 0. The quantitative estimate of drug-likeness (QED) is 0.525. The molecule has 1 saturated heterocycles. The van der Waals surface area contributed by atoms with Gasteiger partial charge in [0.05, 0.1) is 19.3 Å². The van der Waals surface area contributed by atoms with Crippen molar-refractivity contribution in [2.24, 2.45) is 17.3 Å². The van der Waals surface area contributed by atoms with Gasteiger partial charge in [0.15, 0.2) is 5.79 Å². The van der Waals surface area contributed by atoms with Crippen LogP contribution in [-0.2, 0) is 14.2 Å². The lowest BCUT2D eigenvalue weighted by Crippen LogP contribution is -2.40. The van der Waals surface area contributed by atoms with Crippen molar-refractivity contribution in [2.45, 2.75) is 98.0 Å². The molecule has 0 aromatic rings. The minimum atomic E-state index is -0.287. The molecule has 0 bridgehead atoms. The van der Waals surface area contributed by atoms with Crippen molar-refractivity contribution >= 4 is 0 Å². The summed E-state index contributed by atoms with van der Waals surface area (Å²) in [4.78, 5) is 2.48. The summed E-state index contributed by atoms with van der Waals surface area (Å²) in [6.45, 7) is 17.7. The molecule has 1 aliphatic heterocycles. The van der Waals surface area contributed by atoms with Crippen molar-refractivity contribution in [3.63, 3.8) is 0 Å². The van der Waals surface area contributed by atoms with E-state index in [0.29, 0.717) is 11.5 Å². The van der Waals surface area contributed by atoms with Gasteiger partial charge in [0.1, 0.15) is 0 Å². The highest BCUT2D eigenvalue weighted by Gasteiger charge is 2.46. The summed E-state index contributed by atoms with van der Waals surface area (Å²) in [6.07, 6.45) is 7.19. The topological polar surface area (TPSA) is 30.9 Å². The van der Waals surface area contributed by atoms with E-state index in [1.807, 2.05) is 0 Å². The molecule has 27 heavy (non-hydrogen) atoms. The zero-order valence-electron chi connectivity index (χ0n) is 19.1. The smallest absolute Gasteiger partial charge is 0.168 e. The number of hydrogen-bond acceptors (Lipinski definition) is 4. The number of methoxy groups -OCH3 is 1. The molecule has 0 aromatic heterocycles. The van der Waals surface area contributed by atoms with Crippen molar-refractivity contribution in [3.8, 4) is 0 Å². The SMILES string of the molecule is COCCN(CCC1COC2(CCC(C(C)(C)CC(C)C)CC2)O1)C(C)C. The molecule has 0 aromatic carbocycles. The zero-order chi connectivity index (χ0) is 20.1. The third-order valence-electron chi connectivity index (χ3n) is 6.75.